The Kier molecular flexibility index (Phi) is 5.02. The maximum Gasteiger partial charge on any atom is 0.435 e. The molecule has 0 fully saturated rings. The molecular weight excluding hydrogens is 297 g/mol. The zero-order valence-electron chi connectivity index (χ0n) is 12.1. The highest BCUT2D eigenvalue weighted by atomic mass is 19.4. The molecule has 2 N–H and O–H groups in total. The van der Waals surface area contributed by atoms with E-state index in [1.54, 1.807) is 12.1 Å². The Bertz CT molecular complexity index is 608. The van der Waals surface area contributed by atoms with E-state index in [0.29, 0.717) is 12.4 Å². The average Bonchev–Trinajstić information content (AvgIpc) is 2.92. The molecule has 5 nitrogen and oxygen atoms in total. The number of nitrogens with two attached hydrogens (primary N) is 1. The highest BCUT2D eigenvalue weighted by Crippen LogP contribution is 2.32. The Hall–Kier alpha value is -2.09. The van der Waals surface area contributed by atoms with Crippen LogP contribution in [0.25, 0.3) is 5.69 Å². The summed E-state index contributed by atoms with van der Waals surface area (Å²) in [6, 6.07) is 6.22. The lowest BCUT2D eigenvalue weighted by Crippen LogP contribution is -2.16. The number of unbranched alkanes of at least 4 members (excludes halogenated alkanes) is 1. The number of rotatable bonds is 6. The van der Waals surface area contributed by atoms with Gasteiger partial charge in [-0.15, -0.1) is 5.10 Å². The highest BCUT2D eigenvalue weighted by molar-refractivity contribution is 5.39. The van der Waals surface area contributed by atoms with Crippen molar-refractivity contribution in [1.29, 1.82) is 0 Å². The van der Waals surface area contributed by atoms with Crippen LogP contribution in [0.15, 0.2) is 24.3 Å². The number of benzene rings is 1. The maximum atomic E-state index is 13.1. The minimum absolute atomic E-state index is 0.252. The third-order valence-electron chi connectivity index (χ3n) is 3.05. The molecule has 2 aromatic rings. The molecule has 1 aromatic heterocycles. The number of hydrogen-bond acceptors (Lipinski definition) is 4. The number of hydrogen-bond donors (Lipinski definition) is 1. The minimum Gasteiger partial charge on any atom is -0.494 e. The molecule has 0 radical (unpaired) electrons. The molecule has 0 saturated carbocycles. The van der Waals surface area contributed by atoms with Crippen molar-refractivity contribution in [1.82, 2.24) is 15.0 Å². The van der Waals surface area contributed by atoms with Crippen molar-refractivity contribution in [2.45, 2.75) is 32.5 Å². The van der Waals surface area contributed by atoms with Crippen LogP contribution in [-0.4, -0.2) is 21.6 Å². The predicted molar refractivity (Wildman–Crippen MR) is 74.7 cm³/mol. The van der Waals surface area contributed by atoms with Gasteiger partial charge in [0.2, 0.25) is 0 Å². The lowest BCUT2D eigenvalue weighted by atomic mass is 10.2. The van der Waals surface area contributed by atoms with Crippen LogP contribution in [0, 0.1) is 0 Å². The summed E-state index contributed by atoms with van der Waals surface area (Å²) in [5.41, 5.74) is 4.32. The lowest BCUT2D eigenvalue weighted by molar-refractivity contribution is -0.143. The summed E-state index contributed by atoms with van der Waals surface area (Å²) in [4.78, 5) is 0. The molecule has 0 bridgehead atoms. The lowest BCUT2D eigenvalue weighted by Gasteiger charge is -2.11. The normalized spacial score (nSPS) is 11.7. The Balaban J connectivity index is 2.27. The first kappa shape index (κ1) is 16.3. The zero-order chi connectivity index (χ0) is 16.2. The van der Waals surface area contributed by atoms with E-state index < -0.39 is 11.9 Å². The van der Waals surface area contributed by atoms with E-state index >= 15 is 0 Å². The molecule has 0 aliphatic rings. The summed E-state index contributed by atoms with van der Waals surface area (Å²) in [6.45, 7) is 2.29. The molecule has 0 aliphatic carbocycles. The van der Waals surface area contributed by atoms with Gasteiger partial charge in [0.25, 0.3) is 0 Å². The Morgan fingerprint density at radius 1 is 1.23 bits per heavy atom. The first-order chi connectivity index (χ1) is 10.5. The number of halogens is 3. The second kappa shape index (κ2) is 6.78. The minimum atomic E-state index is -4.57. The van der Waals surface area contributed by atoms with Gasteiger partial charge in [-0.3, -0.25) is 0 Å². The van der Waals surface area contributed by atoms with Crippen molar-refractivity contribution >= 4 is 0 Å². The van der Waals surface area contributed by atoms with Crippen molar-refractivity contribution in [2.24, 2.45) is 5.73 Å². The van der Waals surface area contributed by atoms with Crippen LogP contribution in [0.2, 0.25) is 0 Å². The molecule has 120 valence electrons. The van der Waals surface area contributed by atoms with Crippen molar-refractivity contribution < 1.29 is 17.9 Å². The van der Waals surface area contributed by atoms with E-state index in [-0.39, 0.29) is 17.9 Å². The van der Waals surface area contributed by atoms with E-state index in [0.717, 1.165) is 17.5 Å². The second-order valence-electron chi connectivity index (χ2n) is 4.69. The third kappa shape index (κ3) is 3.56. The monoisotopic (exact) mass is 314 g/mol. The molecule has 1 heterocycles. The first-order valence-corrected chi connectivity index (χ1v) is 6.92. The summed E-state index contributed by atoms with van der Waals surface area (Å²) in [5.74, 6) is 0.602. The Morgan fingerprint density at radius 2 is 1.91 bits per heavy atom. The smallest absolute Gasteiger partial charge is 0.435 e. The Labute approximate surface area is 125 Å². The third-order valence-corrected chi connectivity index (χ3v) is 3.05. The van der Waals surface area contributed by atoms with Crippen LogP contribution < -0.4 is 10.5 Å². The van der Waals surface area contributed by atoms with Gasteiger partial charge in [-0.1, -0.05) is 18.6 Å². The molecule has 0 aliphatic heterocycles. The van der Waals surface area contributed by atoms with Gasteiger partial charge in [-0.2, -0.15) is 13.2 Å². The van der Waals surface area contributed by atoms with E-state index in [4.69, 9.17) is 10.5 Å². The molecule has 22 heavy (non-hydrogen) atoms. The highest BCUT2D eigenvalue weighted by Gasteiger charge is 2.39. The number of ether oxygens (including phenoxy) is 1. The molecule has 8 heteroatoms. The van der Waals surface area contributed by atoms with E-state index in [2.05, 4.69) is 10.3 Å². The largest absolute Gasteiger partial charge is 0.494 e. The SMILES string of the molecule is CCCCOc1ccc(-n2nnc(CN)c2C(F)(F)F)cc1. The van der Waals surface area contributed by atoms with Crippen LogP contribution in [0.5, 0.6) is 5.75 Å². The summed E-state index contributed by atoms with van der Waals surface area (Å²) < 4.78 is 45.6. The van der Waals surface area contributed by atoms with Gasteiger partial charge in [-0.25, -0.2) is 4.68 Å². The standard InChI is InChI=1S/C14H17F3N4O/c1-2-3-8-22-11-6-4-10(5-7-11)21-13(14(15,16)17)12(9-18)19-20-21/h4-7H,2-3,8-9,18H2,1H3. The van der Waals surface area contributed by atoms with Crippen LogP contribution >= 0.6 is 0 Å². The predicted octanol–water partition coefficient (Wildman–Crippen LogP) is 2.92. The first-order valence-electron chi connectivity index (χ1n) is 6.92. The van der Waals surface area contributed by atoms with Gasteiger partial charge in [-0.05, 0) is 30.7 Å². The van der Waals surface area contributed by atoms with Crippen molar-refractivity contribution in [3.8, 4) is 11.4 Å². The van der Waals surface area contributed by atoms with E-state index in [9.17, 15) is 13.2 Å². The molecule has 0 amide bonds. The van der Waals surface area contributed by atoms with E-state index in [1.165, 1.54) is 12.1 Å². The van der Waals surface area contributed by atoms with Crippen LogP contribution in [0.4, 0.5) is 13.2 Å². The van der Waals surface area contributed by atoms with Gasteiger partial charge in [0.1, 0.15) is 11.4 Å². The molecule has 1 aromatic carbocycles. The summed E-state index contributed by atoms with van der Waals surface area (Å²) in [7, 11) is 0. The topological polar surface area (TPSA) is 66.0 Å². The fraction of sp³-hybridized carbons (Fsp3) is 0.429. The summed E-state index contributed by atoms with van der Waals surface area (Å²) in [5, 5.41) is 7.05. The molecule has 0 atom stereocenters. The quantitative estimate of drug-likeness (QED) is 0.833. The van der Waals surface area contributed by atoms with E-state index in [1.807, 2.05) is 6.92 Å². The zero-order valence-corrected chi connectivity index (χ0v) is 12.1. The molecule has 0 unspecified atom stereocenters. The van der Waals surface area contributed by atoms with Crippen LogP contribution in [0.1, 0.15) is 31.2 Å². The van der Waals surface area contributed by atoms with Crippen molar-refractivity contribution in [2.75, 3.05) is 6.61 Å². The fourth-order valence-corrected chi connectivity index (χ4v) is 1.93. The molecule has 2 rings (SSSR count). The number of nitrogens with zero attached hydrogens (tertiary/aromatic N) is 3. The van der Waals surface area contributed by atoms with Crippen LogP contribution in [0.3, 0.4) is 0 Å². The molecule has 0 spiro atoms. The molecular formula is C14H17F3N4O. The molecule has 0 saturated heterocycles. The Morgan fingerprint density at radius 3 is 2.45 bits per heavy atom. The van der Waals surface area contributed by atoms with Gasteiger partial charge in [0.05, 0.1) is 12.3 Å². The average molecular weight is 314 g/mol. The van der Waals surface area contributed by atoms with Crippen LogP contribution in [-0.2, 0) is 12.7 Å². The number of alkyl halides is 3. The summed E-state index contributed by atoms with van der Waals surface area (Å²) >= 11 is 0. The van der Waals surface area contributed by atoms with Gasteiger partial charge < -0.3 is 10.5 Å². The second-order valence-corrected chi connectivity index (χ2v) is 4.69. The van der Waals surface area contributed by atoms with Gasteiger partial charge >= 0.3 is 6.18 Å². The van der Waals surface area contributed by atoms with Gasteiger partial charge in [0.15, 0.2) is 5.69 Å². The number of aromatic nitrogens is 3. The maximum absolute atomic E-state index is 13.1. The van der Waals surface area contributed by atoms with Crippen molar-refractivity contribution in [3.63, 3.8) is 0 Å². The summed E-state index contributed by atoms with van der Waals surface area (Å²) in [6.07, 6.45) is -2.65. The van der Waals surface area contributed by atoms with Gasteiger partial charge in [0, 0.05) is 6.54 Å². The van der Waals surface area contributed by atoms with Crippen molar-refractivity contribution in [3.05, 3.63) is 35.7 Å². The fourth-order valence-electron chi connectivity index (χ4n) is 1.93.